The molecular weight excluding hydrogens is 1760 g/mol. The number of sulfone groups is 1. The number of aryl methyl sites for hydroxylation is 5. The van der Waals surface area contributed by atoms with E-state index < -0.39 is 9.84 Å². The predicted octanol–water partition coefficient (Wildman–Crippen LogP) is 32.8. The number of carbonyl (C=O) groups excluding carboxylic acids is 5. The van der Waals surface area contributed by atoms with Crippen LogP contribution >= 0.6 is 47.0 Å². The maximum absolute atomic E-state index is 12.8. The summed E-state index contributed by atoms with van der Waals surface area (Å²) < 4.78 is 30.5. The fraction of sp³-hybridized carbons (Fsp3) is 0.432. The Balaban J connectivity index is 0. The number of amides is 2. The van der Waals surface area contributed by atoms with Crippen LogP contribution in [0.1, 0.15) is 342 Å². The summed E-state index contributed by atoms with van der Waals surface area (Å²) >= 11 is 7.15. The van der Waals surface area contributed by atoms with Crippen molar-refractivity contribution in [3.05, 3.63) is 304 Å². The lowest BCUT2D eigenvalue weighted by Gasteiger charge is -2.26. The highest BCUT2D eigenvalue weighted by Gasteiger charge is 2.28. The van der Waals surface area contributed by atoms with E-state index in [9.17, 15) is 32.4 Å². The number of primary amides is 2. The molecule has 1 saturated heterocycles. The molecule has 0 saturated carbocycles. The molecule has 2 amide bonds. The average Bonchev–Trinajstić information content (AvgIpc) is 1.05. The average molecular weight is 1930 g/mol. The maximum atomic E-state index is 12.8. The van der Waals surface area contributed by atoms with Crippen molar-refractivity contribution in [3.8, 4) is 0 Å². The zero-order valence-corrected chi connectivity index (χ0v) is 90.9. The summed E-state index contributed by atoms with van der Waals surface area (Å²) in [5, 5.41) is 0. The molecule has 1 fully saturated rings. The first kappa shape index (κ1) is 128. The van der Waals surface area contributed by atoms with E-state index in [4.69, 9.17) is 21.9 Å². The van der Waals surface area contributed by atoms with Crippen molar-refractivity contribution in [1.29, 1.82) is 0 Å². The van der Waals surface area contributed by atoms with Crippen molar-refractivity contribution in [1.82, 2.24) is 0 Å². The van der Waals surface area contributed by atoms with Gasteiger partial charge in [0.25, 0.3) is 0 Å². The van der Waals surface area contributed by atoms with Crippen molar-refractivity contribution in [3.63, 3.8) is 0 Å². The van der Waals surface area contributed by atoms with Crippen molar-refractivity contribution < 1.29 is 37.1 Å². The minimum Gasteiger partial charge on any atom is -0.381 e. The molecule has 10 aromatic rings. The van der Waals surface area contributed by atoms with Gasteiger partial charge in [-0.2, -0.15) is 0 Å². The highest BCUT2D eigenvalue weighted by Crippen LogP contribution is 2.42. The van der Waals surface area contributed by atoms with Crippen LogP contribution in [-0.4, -0.2) is 65.8 Å². The number of Topliss-reactive ketones (excluding diaryl/α,β-unsaturated/α-hetero) is 3. The lowest BCUT2D eigenvalue weighted by Crippen LogP contribution is -2.25. The SMILES string of the molecule is C1CCOC1.CC.CC.CC.CC.CC.CC.CC.CC.CC.CC.CC(=O)CC[C@@H]1CCCc2cc(S(=O)(=O)c3ccccc3)ccc21.CC(=O)CC[C@@H]1CCCc2cc(Sc3ccccc3)ccc21.CC(C)=O.NC(=O)C1=CCCc2cc(Sc3ccccc3)ccc21.NC(=O)[C@@H]1CCCc2cc(Sc3ccccc3)ccc21.NC[C@@H]1CCCc2cc(Sc3ccccc3)ccc21.[B]. The Hall–Kier alpha value is -8.78. The van der Waals surface area contributed by atoms with E-state index >= 15 is 0 Å². The smallest absolute Gasteiger partial charge is 0.248 e. The number of hydrogen-bond acceptors (Lipinski definition) is 13. The Morgan fingerprint density at radius 1 is 0.341 bits per heavy atom. The topological polar surface area (TPSA) is 207 Å². The molecule has 17 heteroatoms. The molecule has 1 heterocycles. The van der Waals surface area contributed by atoms with Gasteiger partial charge >= 0.3 is 0 Å². The number of allylic oxidation sites excluding steroid dienone is 1. The van der Waals surface area contributed by atoms with E-state index in [2.05, 4.69) is 152 Å². The first-order valence-corrected chi connectivity index (χ1v) is 54.9. The Morgan fingerprint density at radius 3 is 0.978 bits per heavy atom. The molecule has 11 nitrogen and oxygen atoms in total. The number of rotatable bonds is 19. The van der Waals surface area contributed by atoms with Crippen LogP contribution in [0.2, 0.25) is 0 Å². The van der Waals surface area contributed by atoms with Gasteiger partial charge in [-0.25, -0.2) is 8.42 Å². The number of fused-ring (bicyclic) bond motifs is 5. The molecule has 6 aliphatic rings. The summed E-state index contributed by atoms with van der Waals surface area (Å²) in [7, 11) is -3.47. The van der Waals surface area contributed by atoms with Gasteiger partial charge in [-0.05, 0) is 345 Å². The zero-order valence-electron chi connectivity index (χ0n) is 86.9. The maximum Gasteiger partial charge on any atom is 0.248 e. The first-order valence-electron chi connectivity index (χ1n) is 50.2. The van der Waals surface area contributed by atoms with Crippen LogP contribution in [0.5, 0.6) is 0 Å². The Kier molecular flexibility index (Phi) is 75.2. The van der Waals surface area contributed by atoms with E-state index in [1.165, 1.54) is 143 Å². The van der Waals surface area contributed by atoms with E-state index in [1.54, 1.807) is 67.7 Å². The molecule has 135 heavy (non-hydrogen) atoms. The van der Waals surface area contributed by atoms with Gasteiger partial charge in [0.05, 0.1) is 15.7 Å². The van der Waals surface area contributed by atoms with Gasteiger partial charge in [0.1, 0.15) is 17.3 Å². The number of carbonyl (C=O) groups is 5. The van der Waals surface area contributed by atoms with Crippen molar-refractivity contribution in [2.75, 3.05) is 19.8 Å². The normalized spacial score (nSPS) is 14.5. The van der Waals surface area contributed by atoms with Gasteiger partial charge in [0.2, 0.25) is 21.7 Å². The third-order valence-corrected chi connectivity index (χ3v) is 26.7. The van der Waals surface area contributed by atoms with E-state index in [0.29, 0.717) is 51.7 Å². The first-order chi connectivity index (χ1) is 65.3. The van der Waals surface area contributed by atoms with Crippen LogP contribution in [0.25, 0.3) is 5.57 Å². The monoisotopic (exact) mass is 1930 g/mol. The Morgan fingerprint density at radius 2 is 0.644 bits per heavy atom. The predicted molar refractivity (Wildman–Crippen MR) is 588 cm³/mol. The lowest BCUT2D eigenvalue weighted by molar-refractivity contribution is -0.120. The minimum atomic E-state index is -3.47. The largest absolute Gasteiger partial charge is 0.381 e. The van der Waals surface area contributed by atoms with Gasteiger partial charge in [-0.1, -0.05) is 313 Å². The summed E-state index contributed by atoms with van der Waals surface area (Å²) in [6, 6.07) is 82.1. The van der Waals surface area contributed by atoms with E-state index in [0.717, 1.165) is 101 Å². The summed E-state index contributed by atoms with van der Waals surface area (Å²) in [5.41, 5.74) is 30.3. The summed E-state index contributed by atoms with van der Waals surface area (Å²) in [6.07, 6.45) is 22.9. The van der Waals surface area contributed by atoms with Gasteiger partial charge in [-0.15, -0.1) is 0 Å². The second-order valence-electron chi connectivity index (χ2n) is 29.8. The fourth-order valence-corrected chi connectivity index (χ4v) is 20.2. The molecule has 4 atom stereocenters. The lowest BCUT2D eigenvalue weighted by atomic mass is 9.80. The second kappa shape index (κ2) is 79.2. The molecule has 5 aliphatic carbocycles. The van der Waals surface area contributed by atoms with Gasteiger partial charge in [0, 0.05) is 79.2 Å². The molecule has 16 rings (SSSR count). The molecule has 0 aromatic heterocycles. The molecule has 6 N–H and O–H groups in total. The molecule has 10 aromatic carbocycles. The van der Waals surface area contributed by atoms with Gasteiger partial charge in [0.15, 0.2) is 0 Å². The van der Waals surface area contributed by atoms with Crippen LogP contribution in [0, 0.1) is 0 Å². The number of nitrogens with two attached hydrogens (primary N) is 3. The Bertz CT molecular complexity index is 4940. The van der Waals surface area contributed by atoms with Gasteiger partial charge < -0.3 is 36.3 Å². The number of ketones is 3. The standard InChI is InChI=1S/C20H22O3S.C20H22OS.C17H17NOS.C17H15NOS.C17H19NS.C4H8O.C3H6O.10C2H6.B/c1-15(21)10-11-16-6-5-7-17-14-19(12-13-20(16)17)24(22,23)18-8-3-2-4-9-18;1-15(21)10-11-16-6-5-7-17-14-19(12-13-20(16)17)22-18-8-3-2-4-9-18;2*18-17(19)16-8-4-5-12-11-14(9-10-15(12)16)20-13-6-2-1-3-7-13;18-12-14-6-4-5-13-11-16(9-10-17(13)14)19-15-7-2-1-3-8-15;1-2-4-5-3-1;1-3(2)4;10*1-2;/h2-4,8-9,12-14,16H,5-7,10-11H2,1H3;2-4,8-9,12-14,16H,5-7,10-11H2,1H3;1-3,6-7,9-11,16H,4-5,8H2,(H2,18,19);1-3,6-11H,4-5H2,(H2,18,19);1-3,7-11,14H,4-6,12,18H2;1-4H2;1-2H3;10*1-2H3;/t3*16-;;14-;;;;;;;;;;;;;/m001.0............./s1. The van der Waals surface area contributed by atoms with E-state index in [1.807, 2.05) is 229 Å². The molecular formula is C118H169BN3O8S5. The third-order valence-electron chi connectivity index (χ3n) is 20.9. The fourth-order valence-electron chi connectivity index (χ4n) is 15.3. The second-order valence-corrected chi connectivity index (χ2v) is 36.4. The molecule has 0 spiro atoms. The minimum absolute atomic E-state index is 0. The molecule has 0 unspecified atom stereocenters. The van der Waals surface area contributed by atoms with Crippen molar-refractivity contribution >= 4 is 100 Å². The van der Waals surface area contributed by atoms with Crippen LogP contribution < -0.4 is 17.2 Å². The van der Waals surface area contributed by atoms with E-state index in [-0.39, 0.29) is 37.7 Å². The van der Waals surface area contributed by atoms with Gasteiger partial charge in [-0.3, -0.25) is 9.59 Å². The summed E-state index contributed by atoms with van der Waals surface area (Å²) in [6.45, 7) is 49.2. The molecule has 0 bridgehead atoms. The summed E-state index contributed by atoms with van der Waals surface area (Å²) in [4.78, 5) is 65.7. The van der Waals surface area contributed by atoms with Crippen LogP contribution in [0.4, 0.5) is 0 Å². The third kappa shape index (κ3) is 47.9. The highest BCUT2D eigenvalue weighted by atomic mass is 32.2. The van der Waals surface area contributed by atoms with Crippen LogP contribution in [0.15, 0.2) is 298 Å². The summed E-state index contributed by atoms with van der Waals surface area (Å²) in [5.74, 6) is 1.56. The number of benzene rings is 10. The van der Waals surface area contributed by atoms with Crippen LogP contribution in [0.3, 0.4) is 0 Å². The number of hydrogen-bond donors (Lipinski definition) is 3. The van der Waals surface area contributed by atoms with Crippen molar-refractivity contribution in [2.45, 2.75) is 367 Å². The molecule has 1 aliphatic heterocycles. The molecule has 3 radical (unpaired) electrons. The Labute approximate surface area is 839 Å². The zero-order chi connectivity index (χ0) is 101. The molecule has 737 valence electrons. The number of ether oxygens (including phenoxy) is 1. The highest BCUT2D eigenvalue weighted by molar-refractivity contribution is 8.00. The van der Waals surface area contributed by atoms with Crippen molar-refractivity contribution in [2.24, 2.45) is 17.2 Å². The van der Waals surface area contributed by atoms with Crippen LogP contribution in [-0.2, 0) is 70.7 Å². The quantitative estimate of drug-likeness (QED) is 0.0645.